The molecule has 1 saturated heterocycles. The zero-order chi connectivity index (χ0) is 16.1. The topological polar surface area (TPSA) is 102 Å². The van der Waals surface area contributed by atoms with E-state index >= 15 is 0 Å². The van der Waals surface area contributed by atoms with Gasteiger partial charge < -0.3 is 24.4 Å². The molecule has 1 fully saturated rings. The number of aliphatic hydroxyl groups excluding tert-OH is 2. The third-order valence-corrected chi connectivity index (χ3v) is 3.16. The van der Waals surface area contributed by atoms with Gasteiger partial charge in [-0.3, -0.25) is 0 Å². The number of benzene rings is 1. The van der Waals surface area contributed by atoms with Gasteiger partial charge in [0, 0.05) is 6.00 Å². The molecule has 116 valence electrons. The predicted octanol–water partition coefficient (Wildman–Crippen LogP) is -1.11. The lowest BCUT2D eigenvalue weighted by Crippen LogP contribution is -2.35. The minimum Gasteiger partial charge on any atom is -0.454 e. The number of hydrogen-bond donors (Lipinski definition) is 2. The second kappa shape index (κ2) is 7.39. The van der Waals surface area contributed by atoms with E-state index in [1.165, 1.54) is 0 Å². The lowest BCUT2D eigenvalue weighted by Gasteiger charge is -2.14. The molecule has 0 spiro atoms. The van der Waals surface area contributed by atoms with Gasteiger partial charge in [0.15, 0.2) is 0 Å². The lowest BCUT2D eigenvalue weighted by molar-refractivity contribution is -0.171. The highest BCUT2D eigenvalue weighted by atomic mass is 16.6. The van der Waals surface area contributed by atoms with E-state index in [0.717, 1.165) is 5.56 Å². The summed E-state index contributed by atoms with van der Waals surface area (Å²) >= 11 is 0. The van der Waals surface area contributed by atoms with Gasteiger partial charge in [0.1, 0.15) is 39.4 Å². The molecule has 0 aliphatic carbocycles. The Hall–Kier alpha value is -1.90. The molecule has 2 rings (SSSR count). The van der Waals surface area contributed by atoms with Crippen molar-refractivity contribution in [3.63, 3.8) is 0 Å². The van der Waals surface area contributed by atoms with Gasteiger partial charge in [0.25, 0.3) is 0 Å². The molecule has 2 unspecified atom stereocenters. The Morgan fingerprint density at radius 3 is 2.32 bits per heavy atom. The third kappa shape index (κ3) is 4.06. The molecule has 2 radical (unpaired) electrons. The van der Waals surface area contributed by atoms with E-state index in [1.807, 2.05) is 6.07 Å². The van der Waals surface area contributed by atoms with Crippen molar-refractivity contribution < 1.29 is 34.0 Å². The van der Waals surface area contributed by atoms with E-state index in [-0.39, 0.29) is 6.61 Å². The second-order valence-corrected chi connectivity index (χ2v) is 4.78. The molecule has 0 amide bonds. The van der Waals surface area contributed by atoms with Gasteiger partial charge in [-0.15, -0.1) is 0 Å². The molecule has 1 aromatic carbocycles. The van der Waals surface area contributed by atoms with Crippen LogP contribution in [-0.2, 0) is 30.4 Å². The molecule has 1 aliphatic rings. The van der Waals surface area contributed by atoms with Crippen LogP contribution >= 0.6 is 0 Å². The largest absolute Gasteiger partial charge is 0.454 e. The standard InChI is InChI=1S/C14H15BO7/c15-12-11(17)10(16)9(22-12)7-21-14(19)13(18)20-6-8-4-2-1-3-5-8/h1-5,9-12,16-17H,6-7H2/t9-,10?,11?,12-/m1/s1. The Morgan fingerprint density at radius 2 is 1.73 bits per heavy atom. The molecule has 4 atom stereocenters. The predicted molar refractivity (Wildman–Crippen MR) is 73.6 cm³/mol. The van der Waals surface area contributed by atoms with E-state index in [0.29, 0.717) is 0 Å². The van der Waals surface area contributed by atoms with Crippen LogP contribution in [-0.4, -0.2) is 60.9 Å². The molecular weight excluding hydrogens is 291 g/mol. The van der Waals surface area contributed by atoms with Crippen LogP contribution in [0.3, 0.4) is 0 Å². The van der Waals surface area contributed by atoms with Crippen LogP contribution in [0.2, 0.25) is 0 Å². The summed E-state index contributed by atoms with van der Waals surface area (Å²) in [6.45, 7) is -0.466. The second-order valence-electron chi connectivity index (χ2n) is 4.78. The van der Waals surface area contributed by atoms with E-state index in [1.54, 1.807) is 24.3 Å². The van der Waals surface area contributed by atoms with Gasteiger partial charge in [-0.05, 0) is 5.56 Å². The van der Waals surface area contributed by atoms with Crippen LogP contribution < -0.4 is 0 Å². The highest BCUT2D eigenvalue weighted by Crippen LogP contribution is 2.19. The van der Waals surface area contributed by atoms with Crippen molar-refractivity contribution in [2.75, 3.05) is 6.61 Å². The quantitative estimate of drug-likeness (QED) is 0.413. The van der Waals surface area contributed by atoms with Crippen molar-refractivity contribution in [1.82, 2.24) is 0 Å². The summed E-state index contributed by atoms with van der Waals surface area (Å²) < 4.78 is 14.5. The van der Waals surface area contributed by atoms with E-state index < -0.39 is 42.9 Å². The van der Waals surface area contributed by atoms with Gasteiger partial charge in [-0.2, -0.15) is 0 Å². The molecule has 0 bridgehead atoms. The molecule has 1 aliphatic heterocycles. The maximum atomic E-state index is 11.5. The summed E-state index contributed by atoms with van der Waals surface area (Å²) in [4.78, 5) is 22.9. The van der Waals surface area contributed by atoms with Crippen LogP contribution in [0.5, 0.6) is 0 Å². The molecule has 1 aromatic rings. The van der Waals surface area contributed by atoms with Crippen molar-refractivity contribution in [3.8, 4) is 0 Å². The zero-order valence-corrected chi connectivity index (χ0v) is 11.6. The molecule has 7 nitrogen and oxygen atoms in total. The first-order valence-corrected chi connectivity index (χ1v) is 6.64. The highest BCUT2D eigenvalue weighted by Gasteiger charge is 2.40. The van der Waals surface area contributed by atoms with Crippen molar-refractivity contribution in [2.24, 2.45) is 0 Å². The van der Waals surface area contributed by atoms with Gasteiger partial charge in [-0.25, -0.2) is 9.59 Å². The molecule has 8 heteroatoms. The normalized spacial score (nSPS) is 27.4. The number of aliphatic hydroxyl groups is 2. The fourth-order valence-electron chi connectivity index (χ4n) is 1.91. The van der Waals surface area contributed by atoms with Gasteiger partial charge >= 0.3 is 11.9 Å². The number of hydrogen-bond acceptors (Lipinski definition) is 7. The number of esters is 2. The molecule has 0 saturated carbocycles. The molecule has 2 N–H and O–H groups in total. The number of rotatable bonds is 4. The minimum absolute atomic E-state index is 0.0546. The molecular formula is C14H15BO7. The average molecular weight is 306 g/mol. The molecule has 0 aromatic heterocycles. The van der Waals surface area contributed by atoms with Crippen LogP contribution in [0.25, 0.3) is 0 Å². The van der Waals surface area contributed by atoms with E-state index in [4.69, 9.17) is 17.3 Å². The summed E-state index contributed by atoms with van der Waals surface area (Å²) in [7, 11) is 5.37. The summed E-state index contributed by atoms with van der Waals surface area (Å²) in [5, 5.41) is 19.0. The Labute approximate surface area is 128 Å². The maximum Gasteiger partial charge on any atom is 0.417 e. The lowest BCUT2D eigenvalue weighted by atomic mass is 9.93. The number of carbonyl (C=O) groups is 2. The Morgan fingerprint density at radius 1 is 1.09 bits per heavy atom. The number of ether oxygens (including phenoxy) is 3. The van der Waals surface area contributed by atoms with E-state index in [2.05, 4.69) is 4.74 Å². The van der Waals surface area contributed by atoms with Crippen molar-refractivity contribution in [2.45, 2.75) is 30.9 Å². The van der Waals surface area contributed by atoms with Crippen LogP contribution in [0.4, 0.5) is 0 Å². The first kappa shape index (κ1) is 16.5. The smallest absolute Gasteiger partial charge is 0.417 e. The third-order valence-electron chi connectivity index (χ3n) is 3.16. The van der Waals surface area contributed by atoms with Crippen LogP contribution in [0.15, 0.2) is 30.3 Å². The number of carbonyl (C=O) groups excluding carboxylic acids is 2. The van der Waals surface area contributed by atoms with Crippen LogP contribution in [0, 0.1) is 0 Å². The van der Waals surface area contributed by atoms with Gasteiger partial charge in [-0.1, -0.05) is 30.3 Å². The summed E-state index contributed by atoms with van der Waals surface area (Å²) in [6, 6.07) is 7.77. The first-order valence-electron chi connectivity index (χ1n) is 6.64. The monoisotopic (exact) mass is 306 g/mol. The van der Waals surface area contributed by atoms with E-state index in [9.17, 15) is 19.8 Å². The highest BCUT2D eigenvalue weighted by molar-refractivity contribution is 6.29. The summed E-state index contributed by atoms with van der Waals surface area (Å²) in [5.41, 5.74) is 0.729. The summed E-state index contributed by atoms with van der Waals surface area (Å²) in [5.74, 6) is -2.36. The fourth-order valence-corrected chi connectivity index (χ4v) is 1.91. The fraction of sp³-hybridized carbons (Fsp3) is 0.429. The minimum atomic E-state index is -1.29. The van der Waals surface area contributed by atoms with Gasteiger partial charge in [0.2, 0.25) is 0 Å². The Bertz CT molecular complexity index is 521. The Kier molecular flexibility index (Phi) is 5.54. The first-order chi connectivity index (χ1) is 10.5. The van der Waals surface area contributed by atoms with Crippen molar-refractivity contribution in [1.29, 1.82) is 0 Å². The van der Waals surface area contributed by atoms with Crippen LogP contribution in [0.1, 0.15) is 5.56 Å². The molecule has 22 heavy (non-hydrogen) atoms. The SMILES string of the molecule is [B][C@@H]1O[C@H](COC(=O)C(=O)OCc2ccccc2)C(O)C1O. The van der Waals surface area contributed by atoms with Crippen molar-refractivity contribution >= 4 is 19.8 Å². The Balaban J connectivity index is 1.74. The zero-order valence-electron chi connectivity index (χ0n) is 11.6. The van der Waals surface area contributed by atoms with Gasteiger partial charge in [0.05, 0.1) is 0 Å². The average Bonchev–Trinajstić information content (AvgIpc) is 2.78. The molecule has 1 heterocycles. The van der Waals surface area contributed by atoms with Crippen molar-refractivity contribution in [3.05, 3.63) is 35.9 Å². The maximum absolute atomic E-state index is 11.5. The summed E-state index contributed by atoms with van der Waals surface area (Å²) in [6.07, 6.45) is -3.55.